The third kappa shape index (κ3) is 4.98. The van der Waals surface area contributed by atoms with E-state index in [4.69, 9.17) is 9.47 Å². The number of carbonyl (C=O) groups is 2. The topological polar surface area (TPSA) is 76.7 Å². The molecule has 1 heterocycles. The van der Waals surface area contributed by atoms with Crippen LogP contribution in [0.1, 0.15) is 40.9 Å². The van der Waals surface area contributed by atoms with Crippen molar-refractivity contribution in [3.63, 3.8) is 0 Å². The van der Waals surface area contributed by atoms with Gasteiger partial charge in [0.2, 0.25) is 5.91 Å². The first-order chi connectivity index (χ1) is 12.5. The summed E-state index contributed by atoms with van der Waals surface area (Å²) in [4.78, 5) is 24.0. The first-order valence-corrected chi connectivity index (χ1v) is 9.22. The highest BCUT2D eigenvalue weighted by molar-refractivity contribution is 7.08. The Labute approximate surface area is 157 Å². The van der Waals surface area contributed by atoms with Gasteiger partial charge in [0.15, 0.2) is 11.5 Å². The van der Waals surface area contributed by atoms with E-state index in [1.54, 1.807) is 25.7 Å². The van der Waals surface area contributed by atoms with Crippen molar-refractivity contribution >= 4 is 23.2 Å². The van der Waals surface area contributed by atoms with Gasteiger partial charge in [0.1, 0.15) is 0 Å². The number of amides is 2. The van der Waals surface area contributed by atoms with Gasteiger partial charge in [-0.2, -0.15) is 11.3 Å². The first-order valence-electron chi connectivity index (χ1n) is 8.28. The van der Waals surface area contributed by atoms with Crippen molar-refractivity contribution in [3.05, 3.63) is 45.6 Å². The zero-order valence-electron chi connectivity index (χ0n) is 15.4. The predicted octanol–water partition coefficient (Wildman–Crippen LogP) is 3.07. The molecular formula is C19H24N2O4S. The Balaban J connectivity index is 1.89. The van der Waals surface area contributed by atoms with Crippen molar-refractivity contribution in [2.45, 2.75) is 26.3 Å². The van der Waals surface area contributed by atoms with Crippen molar-refractivity contribution in [3.8, 4) is 11.5 Å². The van der Waals surface area contributed by atoms with Crippen molar-refractivity contribution in [2.75, 3.05) is 20.8 Å². The minimum Gasteiger partial charge on any atom is -0.493 e. The summed E-state index contributed by atoms with van der Waals surface area (Å²) >= 11 is 1.46. The molecule has 0 aliphatic carbocycles. The molecule has 2 amide bonds. The van der Waals surface area contributed by atoms with Crippen LogP contribution in [0.2, 0.25) is 0 Å². The average molecular weight is 376 g/mol. The maximum absolute atomic E-state index is 12.2. The lowest BCUT2D eigenvalue weighted by Crippen LogP contribution is -2.32. The summed E-state index contributed by atoms with van der Waals surface area (Å²) in [5, 5.41) is 9.31. The summed E-state index contributed by atoms with van der Waals surface area (Å²) in [5.41, 5.74) is 2.57. The Morgan fingerprint density at radius 2 is 1.88 bits per heavy atom. The number of thiophene rings is 1. The number of nitrogens with one attached hydrogen (secondary N) is 2. The van der Waals surface area contributed by atoms with E-state index in [0.717, 1.165) is 11.1 Å². The van der Waals surface area contributed by atoms with Crippen LogP contribution in [0.15, 0.2) is 29.0 Å². The van der Waals surface area contributed by atoms with Crippen LogP contribution in [0.3, 0.4) is 0 Å². The number of carbonyl (C=O) groups excluding carboxylic acids is 2. The van der Waals surface area contributed by atoms with Crippen LogP contribution in [0, 0.1) is 6.92 Å². The monoisotopic (exact) mass is 376 g/mol. The number of rotatable bonds is 8. The van der Waals surface area contributed by atoms with Gasteiger partial charge in [0, 0.05) is 23.9 Å². The van der Waals surface area contributed by atoms with Crippen LogP contribution < -0.4 is 20.1 Å². The lowest BCUT2D eigenvalue weighted by molar-refractivity contribution is -0.121. The molecule has 2 rings (SSSR count). The number of ether oxygens (including phenoxy) is 2. The fourth-order valence-corrected chi connectivity index (χ4v) is 3.28. The first kappa shape index (κ1) is 19.8. The lowest BCUT2D eigenvalue weighted by Gasteiger charge is -2.19. The van der Waals surface area contributed by atoms with Gasteiger partial charge in [0.05, 0.1) is 20.3 Å². The third-order valence-corrected chi connectivity index (χ3v) is 4.72. The van der Waals surface area contributed by atoms with Gasteiger partial charge >= 0.3 is 0 Å². The zero-order chi connectivity index (χ0) is 19.1. The second-order valence-corrected chi connectivity index (χ2v) is 6.65. The molecule has 7 heteroatoms. The van der Waals surface area contributed by atoms with Crippen LogP contribution in [-0.4, -0.2) is 32.6 Å². The number of benzene rings is 1. The molecule has 0 aliphatic heterocycles. The summed E-state index contributed by atoms with van der Waals surface area (Å²) in [6.45, 7) is 4.16. The Hall–Kier alpha value is -2.54. The molecule has 26 heavy (non-hydrogen) atoms. The van der Waals surface area contributed by atoms with Crippen molar-refractivity contribution < 1.29 is 19.1 Å². The maximum Gasteiger partial charge on any atom is 0.252 e. The average Bonchev–Trinajstić information content (AvgIpc) is 3.15. The minimum absolute atomic E-state index is 0.127. The molecule has 2 aromatic rings. The molecular weight excluding hydrogens is 352 g/mol. The van der Waals surface area contributed by atoms with Gasteiger partial charge < -0.3 is 20.1 Å². The van der Waals surface area contributed by atoms with E-state index in [-0.39, 0.29) is 30.8 Å². The standard InChI is InChI=1S/C19H24N2O4S/c1-12-9-16(24-3)17(25-4)10-15(12)13(2)21-18(22)5-7-20-19(23)14-6-8-26-11-14/h6,8-11,13H,5,7H2,1-4H3,(H,20,23)(H,21,22). The number of methoxy groups -OCH3 is 2. The van der Waals surface area contributed by atoms with Crippen LogP contribution >= 0.6 is 11.3 Å². The smallest absolute Gasteiger partial charge is 0.252 e. The molecule has 0 aliphatic rings. The molecule has 1 atom stereocenters. The molecule has 0 radical (unpaired) electrons. The highest BCUT2D eigenvalue weighted by Crippen LogP contribution is 2.32. The normalized spacial score (nSPS) is 11.5. The van der Waals surface area contributed by atoms with E-state index in [1.807, 2.05) is 31.4 Å². The fourth-order valence-electron chi connectivity index (χ4n) is 2.64. The van der Waals surface area contributed by atoms with E-state index >= 15 is 0 Å². The largest absolute Gasteiger partial charge is 0.493 e. The molecule has 0 bridgehead atoms. The number of hydrogen-bond acceptors (Lipinski definition) is 5. The Morgan fingerprint density at radius 1 is 1.19 bits per heavy atom. The van der Waals surface area contributed by atoms with Gasteiger partial charge in [-0.15, -0.1) is 0 Å². The van der Waals surface area contributed by atoms with Gasteiger partial charge in [-0.05, 0) is 48.6 Å². The van der Waals surface area contributed by atoms with Crippen LogP contribution in [0.25, 0.3) is 0 Å². The molecule has 0 saturated carbocycles. The number of hydrogen-bond donors (Lipinski definition) is 2. The molecule has 2 N–H and O–H groups in total. The minimum atomic E-state index is -0.185. The van der Waals surface area contributed by atoms with Gasteiger partial charge in [-0.1, -0.05) is 0 Å². The quantitative estimate of drug-likeness (QED) is 0.742. The SMILES string of the molecule is COc1cc(C)c(C(C)NC(=O)CCNC(=O)c2ccsc2)cc1OC. The van der Waals surface area contributed by atoms with E-state index in [2.05, 4.69) is 10.6 Å². The van der Waals surface area contributed by atoms with Crippen LogP contribution in [-0.2, 0) is 4.79 Å². The lowest BCUT2D eigenvalue weighted by atomic mass is 10.0. The Kier molecular flexibility index (Phi) is 7.03. The molecule has 1 unspecified atom stereocenters. The molecule has 6 nitrogen and oxygen atoms in total. The molecule has 1 aromatic carbocycles. The highest BCUT2D eigenvalue weighted by atomic mass is 32.1. The number of aryl methyl sites for hydroxylation is 1. The van der Waals surface area contributed by atoms with E-state index in [1.165, 1.54) is 11.3 Å². The van der Waals surface area contributed by atoms with Crippen LogP contribution in [0.4, 0.5) is 0 Å². The van der Waals surface area contributed by atoms with Gasteiger partial charge in [-0.3, -0.25) is 9.59 Å². The summed E-state index contributed by atoms with van der Waals surface area (Å²) in [7, 11) is 3.17. The van der Waals surface area contributed by atoms with Crippen molar-refractivity contribution in [2.24, 2.45) is 0 Å². The maximum atomic E-state index is 12.2. The van der Waals surface area contributed by atoms with Gasteiger partial charge in [0.25, 0.3) is 5.91 Å². The molecule has 1 aromatic heterocycles. The van der Waals surface area contributed by atoms with Crippen LogP contribution in [0.5, 0.6) is 11.5 Å². The molecule has 0 fully saturated rings. The summed E-state index contributed by atoms with van der Waals surface area (Å²) < 4.78 is 10.6. The van der Waals surface area contributed by atoms with E-state index in [9.17, 15) is 9.59 Å². The Morgan fingerprint density at radius 3 is 2.50 bits per heavy atom. The molecule has 0 spiro atoms. The predicted molar refractivity (Wildman–Crippen MR) is 102 cm³/mol. The summed E-state index contributed by atoms with van der Waals surface area (Å²) in [5.74, 6) is 0.987. The van der Waals surface area contributed by atoms with E-state index in [0.29, 0.717) is 17.1 Å². The van der Waals surface area contributed by atoms with Crippen molar-refractivity contribution in [1.29, 1.82) is 0 Å². The Bertz CT molecular complexity index is 759. The molecule has 140 valence electrons. The van der Waals surface area contributed by atoms with E-state index < -0.39 is 0 Å². The fraction of sp³-hybridized carbons (Fsp3) is 0.368. The third-order valence-electron chi connectivity index (χ3n) is 4.04. The van der Waals surface area contributed by atoms with Gasteiger partial charge in [-0.25, -0.2) is 0 Å². The molecule has 0 saturated heterocycles. The zero-order valence-corrected chi connectivity index (χ0v) is 16.2. The second-order valence-electron chi connectivity index (χ2n) is 5.87. The summed E-state index contributed by atoms with van der Waals surface area (Å²) in [6.07, 6.45) is 0.215. The van der Waals surface area contributed by atoms with Crippen molar-refractivity contribution in [1.82, 2.24) is 10.6 Å². The summed E-state index contributed by atoms with van der Waals surface area (Å²) in [6, 6.07) is 5.33. The second kappa shape index (κ2) is 9.24. The highest BCUT2D eigenvalue weighted by Gasteiger charge is 2.16.